The number of hydrogen-bond acceptors (Lipinski definition) is 5. The van der Waals surface area contributed by atoms with Crippen LogP contribution in [0.2, 0.25) is 5.02 Å². The summed E-state index contributed by atoms with van der Waals surface area (Å²) in [7, 11) is -3.28. The molecule has 1 amide bonds. The first-order valence-corrected chi connectivity index (χ1v) is 9.06. The largest absolute Gasteiger partial charge is 0.352 e. The van der Waals surface area contributed by atoms with Gasteiger partial charge >= 0.3 is 0 Å². The first-order chi connectivity index (χ1) is 10.7. The van der Waals surface area contributed by atoms with Gasteiger partial charge in [0.15, 0.2) is 0 Å². The topological polar surface area (TPSA) is 110 Å². The molecule has 0 heterocycles. The Morgan fingerprint density at radius 3 is 2.61 bits per heavy atom. The third-order valence-electron chi connectivity index (χ3n) is 3.09. The molecule has 1 N–H and O–H groups in total. The lowest BCUT2D eigenvalue weighted by atomic mass is 10.1. The van der Waals surface area contributed by atoms with E-state index in [1.165, 1.54) is 22.5 Å². The highest BCUT2D eigenvalue weighted by Crippen LogP contribution is 2.22. The zero-order valence-corrected chi connectivity index (χ0v) is 14.4. The summed E-state index contributed by atoms with van der Waals surface area (Å²) in [4.78, 5) is 22.3. The fourth-order valence-corrected chi connectivity index (χ4v) is 3.06. The van der Waals surface area contributed by atoms with Crippen LogP contribution in [0.25, 0.3) is 0 Å². The van der Waals surface area contributed by atoms with Crippen molar-refractivity contribution in [2.45, 2.75) is 13.3 Å². The van der Waals surface area contributed by atoms with Crippen LogP contribution in [0.4, 0.5) is 5.69 Å². The summed E-state index contributed by atoms with van der Waals surface area (Å²) < 4.78 is 24.1. The van der Waals surface area contributed by atoms with Gasteiger partial charge in [0, 0.05) is 30.7 Å². The van der Waals surface area contributed by atoms with Gasteiger partial charge in [0.2, 0.25) is 10.0 Å². The average molecular weight is 364 g/mol. The number of hydrogen-bond donors (Lipinski definition) is 1. The maximum atomic E-state index is 12.0. The van der Waals surface area contributed by atoms with Gasteiger partial charge in [-0.25, -0.2) is 12.7 Å². The highest BCUT2D eigenvalue weighted by atomic mass is 35.5. The highest BCUT2D eigenvalue weighted by Gasteiger charge is 2.20. The number of carbonyl (C=O) groups is 1. The molecule has 0 saturated carbocycles. The molecule has 1 aromatic rings. The molecule has 0 fully saturated rings. The number of halogens is 1. The Hall–Kier alpha value is -1.71. The van der Waals surface area contributed by atoms with Crippen molar-refractivity contribution in [3.8, 4) is 0 Å². The molecular formula is C13H18ClN3O5S. The average Bonchev–Trinajstić information content (AvgIpc) is 2.45. The molecule has 0 spiro atoms. The Kier molecular flexibility index (Phi) is 6.92. The fraction of sp³-hybridized carbons (Fsp3) is 0.462. The molecule has 0 aromatic heterocycles. The quantitative estimate of drug-likeness (QED) is 0.429. The van der Waals surface area contributed by atoms with Crippen LogP contribution in [0.5, 0.6) is 0 Å². The van der Waals surface area contributed by atoms with Crippen LogP contribution in [0.1, 0.15) is 23.7 Å². The van der Waals surface area contributed by atoms with Crippen molar-refractivity contribution in [1.29, 1.82) is 0 Å². The zero-order chi connectivity index (χ0) is 17.6. The lowest BCUT2D eigenvalue weighted by Gasteiger charge is -2.17. The summed E-state index contributed by atoms with van der Waals surface area (Å²) in [6, 6.07) is 3.73. The lowest BCUT2D eigenvalue weighted by molar-refractivity contribution is -0.385. The lowest BCUT2D eigenvalue weighted by Crippen LogP contribution is -2.33. The van der Waals surface area contributed by atoms with E-state index in [2.05, 4.69) is 5.32 Å². The predicted octanol–water partition coefficient (Wildman–Crippen LogP) is 1.65. The van der Waals surface area contributed by atoms with Crippen LogP contribution in [0.3, 0.4) is 0 Å². The summed E-state index contributed by atoms with van der Waals surface area (Å²) in [6.45, 7) is 2.50. The molecule has 0 aliphatic carbocycles. The Bertz CT molecular complexity index is 693. The molecule has 128 valence electrons. The SMILES string of the molecule is CCN(CCCNC(=O)c1cc(Cl)ccc1[N+](=O)[O-])S(C)(=O)=O. The highest BCUT2D eigenvalue weighted by molar-refractivity contribution is 7.88. The third kappa shape index (κ3) is 5.77. The molecule has 0 radical (unpaired) electrons. The van der Waals surface area contributed by atoms with E-state index < -0.39 is 20.9 Å². The summed E-state index contributed by atoms with van der Waals surface area (Å²) in [6.07, 6.45) is 1.51. The van der Waals surface area contributed by atoms with Crippen LogP contribution in [0, 0.1) is 10.1 Å². The number of carbonyl (C=O) groups excluding carboxylic acids is 1. The number of sulfonamides is 1. The minimum absolute atomic E-state index is 0.127. The Labute approximate surface area is 139 Å². The van der Waals surface area contributed by atoms with E-state index in [-0.39, 0.29) is 29.4 Å². The van der Waals surface area contributed by atoms with Gasteiger partial charge in [0.25, 0.3) is 11.6 Å². The summed E-state index contributed by atoms with van der Waals surface area (Å²) in [5.74, 6) is -0.624. The van der Waals surface area contributed by atoms with E-state index in [1.807, 2.05) is 0 Å². The molecular weight excluding hydrogens is 346 g/mol. The third-order valence-corrected chi connectivity index (χ3v) is 4.71. The summed E-state index contributed by atoms with van der Waals surface area (Å²) in [5, 5.41) is 13.7. The van der Waals surface area contributed by atoms with Crippen LogP contribution >= 0.6 is 11.6 Å². The van der Waals surface area contributed by atoms with E-state index in [9.17, 15) is 23.3 Å². The van der Waals surface area contributed by atoms with E-state index in [1.54, 1.807) is 6.92 Å². The number of amides is 1. The summed E-state index contributed by atoms with van der Waals surface area (Å²) >= 11 is 5.76. The van der Waals surface area contributed by atoms with Gasteiger partial charge in [-0.1, -0.05) is 18.5 Å². The number of nitrogens with zero attached hydrogens (tertiary/aromatic N) is 2. The van der Waals surface area contributed by atoms with Gasteiger partial charge in [-0.3, -0.25) is 14.9 Å². The normalized spacial score (nSPS) is 11.5. The molecule has 8 nitrogen and oxygen atoms in total. The van der Waals surface area contributed by atoms with Crippen LogP contribution in [-0.4, -0.2) is 49.4 Å². The molecule has 0 bridgehead atoms. The van der Waals surface area contributed by atoms with E-state index in [0.717, 1.165) is 6.26 Å². The van der Waals surface area contributed by atoms with Crippen molar-refractivity contribution in [2.24, 2.45) is 0 Å². The maximum Gasteiger partial charge on any atom is 0.282 e. The van der Waals surface area contributed by atoms with Crippen molar-refractivity contribution in [3.63, 3.8) is 0 Å². The van der Waals surface area contributed by atoms with Crippen molar-refractivity contribution in [3.05, 3.63) is 38.9 Å². The van der Waals surface area contributed by atoms with Crippen molar-refractivity contribution >= 4 is 33.2 Å². The molecule has 1 rings (SSSR count). The predicted molar refractivity (Wildman–Crippen MR) is 87.1 cm³/mol. The maximum absolute atomic E-state index is 12.0. The molecule has 0 unspecified atom stereocenters. The van der Waals surface area contributed by atoms with E-state index in [4.69, 9.17) is 11.6 Å². The van der Waals surface area contributed by atoms with Gasteiger partial charge in [0.1, 0.15) is 5.56 Å². The second kappa shape index (κ2) is 8.23. The smallest absolute Gasteiger partial charge is 0.282 e. The van der Waals surface area contributed by atoms with E-state index >= 15 is 0 Å². The number of nitro groups is 1. The van der Waals surface area contributed by atoms with Crippen LogP contribution < -0.4 is 5.32 Å². The molecule has 10 heteroatoms. The minimum atomic E-state index is -3.28. The fourth-order valence-electron chi connectivity index (χ4n) is 1.96. The second-order valence-corrected chi connectivity index (χ2v) is 7.20. The molecule has 0 atom stereocenters. The van der Waals surface area contributed by atoms with Crippen molar-refractivity contribution in [2.75, 3.05) is 25.9 Å². The van der Waals surface area contributed by atoms with Crippen LogP contribution in [0.15, 0.2) is 18.2 Å². The van der Waals surface area contributed by atoms with Gasteiger partial charge in [-0.15, -0.1) is 0 Å². The minimum Gasteiger partial charge on any atom is -0.352 e. The van der Waals surface area contributed by atoms with Crippen molar-refractivity contribution < 1.29 is 18.1 Å². The molecule has 0 aliphatic rings. The van der Waals surface area contributed by atoms with E-state index in [0.29, 0.717) is 13.0 Å². The number of nitrogens with one attached hydrogen (secondary N) is 1. The van der Waals surface area contributed by atoms with Gasteiger partial charge < -0.3 is 5.32 Å². The molecule has 1 aromatic carbocycles. The van der Waals surface area contributed by atoms with Crippen molar-refractivity contribution in [1.82, 2.24) is 9.62 Å². The first-order valence-electron chi connectivity index (χ1n) is 6.84. The Morgan fingerprint density at radius 1 is 1.43 bits per heavy atom. The van der Waals surface area contributed by atoms with Crippen LogP contribution in [-0.2, 0) is 10.0 Å². The number of nitro benzene ring substituents is 1. The monoisotopic (exact) mass is 363 g/mol. The molecule has 0 saturated heterocycles. The van der Waals surface area contributed by atoms with Gasteiger partial charge in [-0.05, 0) is 18.6 Å². The summed E-state index contributed by atoms with van der Waals surface area (Å²) in [5.41, 5.74) is -0.462. The Balaban J connectivity index is 2.65. The first kappa shape index (κ1) is 19.3. The standard InChI is InChI=1S/C13H18ClN3O5S/c1-3-16(23(2,21)22)8-4-7-15-13(18)11-9-10(14)5-6-12(11)17(19)20/h5-6,9H,3-4,7-8H2,1-2H3,(H,15,18). The molecule has 0 aliphatic heterocycles. The van der Waals surface area contributed by atoms with Gasteiger partial charge in [-0.2, -0.15) is 0 Å². The van der Waals surface area contributed by atoms with Gasteiger partial charge in [0.05, 0.1) is 11.2 Å². The second-order valence-electron chi connectivity index (χ2n) is 4.78. The zero-order valence-electron chi connectivity index (χ0n) is 12.8. The Morgan fingerprint density at radius 2 is 2.09 bits per heavy atom. The number of benzene rings is 1. The number of rotatable bonds is 8. The molecule has 23 heavy (non-hydrogen) atoms.